The van der Waals surface area contributed by atoms with Crippen molar-refractivity contribution in [2.75, 3.05) is 13.6 Å². The van der Waals surface area contributed by atoms with Gasteiger partial charge in [0, 0.05) is 12.5 Å². The van der Waals surface area contributed by atoms with Crippen LogP contribution in [-0.2, 0) is 0 Å². The zero-order chi connectivity index (χ0) is 10.4. The fourth-order valence-electron chi connectivity index (χ4n) is 1.73. The van der Waals surface area contributed by atoms with Crippen molar-refractivity contribution < 1.29 is 5.21 Å². The van der Waals surface area contributed by atoms with E-state index in [1.54, 1.807) is 0 Å². The number of hydrogen-bond donors (Lipinski definition) is 2. The Bertz CT molecular complexity index is 190. The van der Waals surface area contributed by atoms with Crippen LogP contribution < -0.4 is 5.73 Å². The van der Waals surface area contributed by atoms with Gasteiger partial charge < -0.3 is 15.8 Å². The van der Waals surface area contributed by atoms with E-state index < -0.39 is 0 Å². The van der Waals surface area contributed by atoms with Crippen LogP contribution >= 0.6 is 0 Å². The highest BCUT2D eigenvalue weighted by molar-refractivity contribution is 5.79. The lowest BCUT2D eigenvalue weighted by molar-refractivity contribution is 0.157. The van der Waals surface area contributed by atoms with Crippen LogP contribution in [-0.4, -0.2) is 35.6 Å². The Morgan fingerprint density at radius 3 is 2.71 bits per heavy atom. The van der Waals surface area contributed by atoms with Crippen molar-refractivity contribution in [1.82, 2.24) is 4.90 Å². The predicted molar refractivity (Wildman–Crippen MR) is 57.5 cm³/mol. The molecule has 0 aliphatic heterocycles. The third-order valence-corrected chi connectivity index (χ3v) is 3.02. The molecule has 0 saturated heterocycles. The van der Waals surface area contributed by atoms with Gasteiger partial charge in [0.1, 0.15) is 5.84 Å². The summed E-state index contributed by atoms with van der Waals surface area (Å²) >= 11 is 0. The van der Waals surface area contributed by atoms with Crippen molar-refractivity contribution in [2.45, 2.75) is 44.6 Å². The summed E-state index contributed by atoms with van der Waals surface area (Å²) in [6.07, 6.45) is 6.94. The van der Waals surface area contributed by atoms with Crippen molar-refractivity contribution >= 4 is 5.84 Å². The molecule has 4 heteroatoms. The second-order valence-electron chi connectivity index (χ2n) is 4.11. The van der Waals surface area contributed by atoms with Crippen molar-refractivity contribution in [3.8, 4) is 0 Å². The van der Waals surface area contributed by atoms with Crippen LogP contribution in [0.4, 0.5) is 0 Å². The van der Waals surface area contributed by atoms with E-state index in [2.05, 4.69) is 17.1 Å². The molecule has 0 amide bonds. The summed E-state index contributed by atoms with van der Waals surface area (Å²) in [7, 11) is 2.19. The second kappa shape index (κ2) is 5.86. The molecule has 0 radical (unpaired) electrons. The van der Waals surface area contributed by atoms with Gasteiger partial charge in [-0.3, -0.25) is 0 Å². The van der Waals surface area contributed by atoms with Crippen LogP contribution in [0, 0.1) is 0 Å². The Kier molecular flexibility index (Phi) is 4.73. The number of hydrogen-bond acceptors (Lipinski definition) is 3. The van der Waals surface area contributed by atoms with Gasteiger partial charge in [0.25, 0.3) is 0 Å². The van der Waals surface area contributed by atoms with E-state index >= 15 is 0 Å². The van der Waals surface area contributed by atoms with Gasteiger partial charge in [-0.05, 0) is 39.3 Å². The Balaban J connectivity index is 1.97. The molecule has 0 heterocycles. The number of unbranched alkanes of at least 4 members (excludes halogenated alkanes) is 1. The summed E-state index contributed by atoms with van der Waals surface area (Å²) in [5.74, 6) is 0.344. The minimum atomic E-state index is 0.344. The van der Waals surface area contributed by atoms with E-state index in [0.29, 0.717) is 12.3 Å². The maximum Gasteiger partial charge on any atom is 0.139 e. The van der Waals surface area contributed by atoms with E-state index in [1.165, 1.54) is 19.3 Å². The first kappa shape index (κ1) is 11.3. The molecule has 4 nitrogen and oxygen atoms in total. The number of oxime groups is 1. The summed E-state index contributed by atoms with van der Waals surface area (Å²) < 4.78 is 0. The average Bonchev–Trinajstić information content (AvgIpc) is 2.09. The highest BCUT2D eigenvalue weighted by atomic mass is 16.4. The van der Waals surface area contributed by atoms with Gasteiger partial charge >= 0.3 is 0 Å². The summed E-state index contributed by atoms with van der Waals surface area (Å²) in [5, 5.41) is 11.3. The molecular formula is C10H21N3O. The lowest BCUT2D eigenvalue weighted by atomic mass is 9.92. The quantitative estimate of drug-likeness (QED) is 0.223. The molecule has 1 aliphatic rings. The molecule has 0 aromatic carbocycles. The fraction of sp³-hybridized carbons (Fsp3) is 0.900. The van der Waals surface area contributed by atoms with Crippen LogP contribution in [0.2, 0.25) is 0 Å². The third kappa shape index (κ3) is 3.54. The molecule has 1 saturated carbocycles. The summed E-state index contributed by atoms with van der Waals surface area (Å²) in [6.45, 7) is 1.13. The minimum absolute atomic E-state index is 0.344. The topological polar surface area (TPSA) is 61.8 Å². The molecule has 0 unspecified atom stereocenters. The SMILES string of the molecule is CN(CCCCC(N)=NO)C1CCC1. The second-order valence-corrected chi connectivity index (χ2v) is 4.11. The van der Waals surface area contributed by atoms with Crippen LogP contribution in [0.5, 0.6) is 0 Å². The van der Waals surface area contributed by atoms with Crippen LogP contribution in [0.1, 0.15) is 38.5 Å². The maximum atomic E-state index is 8.33. The highest BCUT2D eigenvalue weighted by Gasteiger charge is 2.20. The first-order valence-electron chi connectivity index (χ1n) is 5.40. The minimum Gasteiger partial charge on any atom is -0.409 e. The molecule has 14 heavy (non-hydrogen) atoms. The molecule has 0 spiro atoms. The number of nitrogens with two attached hydrogens (primary N) is 1. The Hall–Kier alpha value is -0.770. The van der Waals surface area contributed by atoms with Gasteiger partial charge in [0.2, 0.25) is 0 Å². The number of amidine groups is 1. The first-order chi connectivity index (χ1) is 6.74. The summed E-state index contributed by atoms with van der Waals surface area (Å²) in [6, 6.07) is 0.818. The molecular weight excluding hydrogens is 178 g/mol. The molecule has 0 aromatic heterocycles. The van der Waals surface area contributed by atoms with E-state index in [1.807, 2.05) is 0 Å². The average molecular weight is 199 g/mol. The van der Waals surface area contributed by atoms with Gasteiger partial charge in [-0.1, -0.05) is 11.6 Å². The lowest BCUT2D eigenvalue weighted by Gasteiger charge is -2.34. The van der Waals surface area contributed by atoms with Crippen molar-refractivity contribution in [1.29, 1.82) is 0 Å². The maximum absolute atomic E-state index is 8.33. The molecule has 0 atom stereocenters. The highest BCUT2D eigenvalue weighted by Crippen LogP contribution is 2.23. The number of nitrogens with zero attached hydrogens (tertiary/aromatic N) is 2. The smallest absolute Gasteiger partial charge is 0.139 e. The van der Waals surface area contributed by atoms with Gasteiger partial charge in [0.05, 0.1) is 0 Å². The first-order valence-corrected chi connectivity index (χ1v) is 5.40. The van der Waals surface area contributed by atoms with Crippen molar-refractivity contribution in [3.63, 3.8) is 0 Å². The molecule has 0 bridgehead atoms. The molecule has 3 N–H and O–H groups in total. The Morgan fingerprint density at radius 1 is 1.50 bits per heavy atom. The van der Waals surface area contributed by atoms with Crippen molar-refractivity contribution in [3.05, 3.63) is 0 Å². The largest absolute Gasteiger partial charge is 0.409 e. The molecule has 82 valence electrons. The van der Waals surface area contributed by atoms with Crippen LogP contribution in [0.25, 0.3) is 0 Å². The van der Waals surface area contributed by atoms with Crippen LogP contribution in [0.3, 0.4) is 0 Å². The predicted octanol–water partition coefficient (Wildman–Crippen LogP) is 1.39. The standard InChI is InChI=1S/C10H21N3O/c1-13(9-5-4-6-9)8-3-2-7-10(11)12-14/h9,14H,2-8H2,1H3,(H2,11,12). The van der Waals surface area contributed by atoms with E-state index in [-0.39, 0.29) is 0 Å². The van der Waals surface area contributed by atoms with Crippen molar-refractivity contribution in [2.24, 2.45) is 10.9 Å². The normalized spacial score (nSPS) is 18.6. The third-order valence-electron chi connectivity index (χ3n) is 3.02. The number of rotatable bonds is 6. The lowest BCUT2D eigenvalue weighted by Crippen LogP contribution is -2.37. The summed E-state index contributed by atoms with van der Waals surface area (Å²) in [5.41, 5.74) is 5.37. The van der Waals surface area contributed by atoms with Gasteiger partial charge in [0.15, 0.2) is 0 Å². The van der Waals surface area contributed by atoms with Crippen LogP contribution in [0.15, 0.2) is 5.16 Å². The van der Waals surface area contributed by atoms with E-state index in [4.69, 9.17) is 10.9 Å². The monoisotopic (exact) mass is 199 g/mol. The molecule has 1 rings (SSSR count). The zero-order valence-electron chi connectivity index (χ0n) is 8.95. The van der Waals surface area contributed by atoms with E-state index in [0.717, 1.165) is 25.4 Å². The summed E-state index contributed by atoms with van der Waals surface area (Å²) in [4.78, 5) is 2.43. The van der Waals surface area contributed by atoms with Gasteiger partial charge in [-0.25, -0.2) is 0 Å². The van der Waals surface area contributed by atoms with Gasteiger partial charge in [-0.2, -0.15) is 0 Å². The molecule has 1 fully saturated rings. The fourth-order valence-corrected chi connectivity index (χ4v) is 1.73. The van der Waals surface area contributed by atoms with Gasteiger partial charge in [-0.15, -0.1) is 0 Å². The Morgan fingerprint density at radius 2 is 2.21 bits per heavy atom. The molecule has 1 aliphatic carbocycles. The Labute approximate surface area is 85.8 Å². The van der Waals surface area contributed by atoms with E-state index in [9.17, 15) is 0 Å². The molecule has 0 aromatic rings. The zero-order valence-corrected chi connectivity index (χ0v) is 8.95.